The molecule has 3 rings (SSSR count). The van der Waals surface area contributed by atoms with Gasteiger partial charge in [-0.25, -0.2) is 0 Å². The van der Waals surface area contributed by atoms with Crippen LogP contribution in [0.3, 0.4) is 0 Å². The molecule has 15 heavy (non-hydrogen) atoms. The van der Waals surface area contributed by atoms with E-state index in [2.05, 4.69) is 16.7 Å². The Labute approximate surface area is 88.0 Å². The minimum atomic E-state index is -0.392. The first kappa shape index (κ1) is 9.18. The summed E-state index contributed by atoms with van der Waals surface area (Å²) in [7, 11) is 0. The maximum Gasteiger partial charge on any atom is 0.220 e. The normalized spacial score (nSPS) is 43.5. The molecule has 2 saturated heterocycles. The third-order valence-electron chi connectivity index (χ3n) is 3.40. The second-order valence-corrected chi connectivity index (χ2v) is 4.42. The average molecular weight is 209 g/mol. The summed E-state index contributed by atoms with van der Waals surface area (Å²) >= 11 is 0. The van der Waals surface area contributed by atoms with Gasteiger partial charge >= 0.3 is 0 Å². The molecule has 2 fully saturated rings. The van der Waals surface area contributed by atoms with E-state index in [0.717, 1.165) is 18.5 Å². The van der Waals surface area contributed by atoms with E-state index < -0.39 is 6.35 Å². The molecule has 0 aromatic carbocycles. The predicted octanol–water partition coefficient (Wildman–Crippen LogP) is -0.601. The van der Waals surface area contributed by atoms with Gasteiger partial charge in [-0.1, -0.05) is 6.08 Å². The van der Waals surface area contributed by atoms with Gasteiger partial charge in [0.2, 0.25) is 5.91 Å². The van der Waals surface area contributed by atoms with Crippen LogP contribution in [0, 0.1) is 5.92 Å². The maximum atomic E-state index is 11.3. The molecule has 1 amide bonds. The Hall–Kier alpha value is -1.07. The van der Waals surface area contributed by atoms with Gasteiger partial charge in [-0.2, -0.15) is 0 Å². The van der Waals surface area contributed by atoms with Crippen molar-refractivity contribution < 1.29 is 9.53 Å². The minimum Gasteiger partial charge on any atom is -0.353 e. The topological polar surface area (TPSA) is 76.4 Å². The summed E-state index contributed by atoms with van der Waals surface area (Å²) in [5, 5.41) is 6.12. The quantitative estimate of drug-likeness (QED) is 0.498. The molecule has 0 saturated carbocycles. The van der Waals surface area contributed by atoms with E-state index in [4.69, 9.17) is 10.5 Å². The predicted molar refractivity (Wildman–Crippen MR) is 53.3 cm³/mol. The lowest BCUT2D eigenvalue weighted by Gasteiger charge is -2.35. The Balaban J connectivity index is 1.81. The first-order valence-corrected chi connectivity index (χ1v) is 5.41. The second-order valence-electron chi connectivity index (χ2n) is 4.42. The van der Waals surface area contributed by atoms with E-state index in [0.29, 0.717) is 12.3 Å². The molecule has 5 heteroatoms. The largest absolute Gasteiger partial charge is 0.353 e. The number of hydrogen-bond donors (Lipinski definition) is 3. The van der Waals surface area contributed by atoms with Gasteiger partial charge in [0, 0.05) is 24.6 Å². The van der Waals surface area contributed by atoms with Crippen LogP contribution in [0.4, 0.5) is 0 Å². The zero-order chi connectivity index (χ0) is 10.4. The van der Waals surface area contributed by atoms with Crippen LogP contribution in [-0.4, -0.2) is 24.4 Å². The van der Waals surface area contributed by atoms with E-state index in [1.807, 2.05) is 0 Å². The smallest absolute Gasteiger partial charge is 0.220 e. The van der Waals surface area contributed by atoms with E-state index in [1.165, 1.54) is 0 Å². The highest BCUT2D eigenvalue weighted by atomic mass is 16.5. The Morgan fingerprint density at radius 1 is 1.47 bits per heavy atom. The van der Waals surface area contributed by atoms with Crippen LogP contribution < -0.4 is 16.4 Å². The van der Waals surface area contributed by atoms with Gasteiger partial charge < -0.3 is 15.4 Å². The lowest BCUT2D eigenvalue weighted by molar-refractivity contribution is -0.124. The van der Waals surface area contributed by atoms with Crippen molar-refractivity contribution >= 4 is 5.91 Å². The van der Waals surface area contributed by atoms with Crippen molar-refractivity contribution in [2.75, 3.05) is 0 Å². The summed E-state index contributed by atoms with van der Waals surface area (Å²) in [4.78, 5) is 11.3. The fraction of sp³-hybridized carbons (Fsp3) is 0.700. The standard InChI is InChI=1S/C10H15N3O2/c11-10-13-7-3-5-1-2-9(14)12-6(5)4-8(7)15-10/h3,5-6,8,10,13H,1-2,4,11H2,(H,12,14). The number of fused-ring (bicyclic) bond motifs is 2. The van der Waals surface area contributed by atoms with Crippen LogP contribution in [0.15, 0.2) is 11.8 Å². The summed E-state index contributed by atoms with van der Waals surface area (Å²) in [6.07, 6.45) is 4.22. The zero-order valence-electron chi connectivity index (χ0n) is 8.40. The summed E-state index contributed by atoms with van der Waals surface area (Å²) < 4.78 is 5.50. The average Bonchev–Trinajstić information content (AvgIpc) is 2.53. The van der Waals surface area contributed by atoms with Gasteiger partial charge in [-0.15, -0.1) is 0 Å². The first-order valence-electron chi connectivity index (χ1n) is 5.41. The van der Waals surface area contributed by atoms with Crippen LogP contribution in [0.25, 0.3) is 0 Å². The van der Waals surface area contributed by atoms with Crippen molar-refractivity contribution in [2.45, 2.75) is 37.8 Å². The molecule has 2 aliphatic heterocycles. The molecule has 0 aromatic heterocycles. The number of nitrogens with one attached hydrogen (secondary N) is 2. The van der Waals surface area contributed by atoms with Crippen LogP contribution >= 0.6 is 0 Å². The van der Waals surface area contributed by atoms with Crippen LogP contribution in [0.5, 0.6) is 0 Å². The van der Waals surface area contributed by atoms with Crippen molar-refractivity contribution in [1.29, 1.82) is 0 Å². The molecule has 5 nitrogen and oxygen atoms in total. The number of amides is 1. The van der Waals surface area contributed by atoms with Crippen molar-refractivity contribution in [3.05, 3.63) is 11.8 Å². The molecular weight excluding hydrogens is 194 g/mol. The molecule has 0 bridgehead atoms. The molecule has 0 aromatic rings. The Morgan fingerprint density at radius 2 is 2.33 bits per heavy atom. The van der Waals surface area contributed by atoms with Crippen LogP contribution in [0.1, 0.15) is 19.3 Å². The zero-order valence-corrected chi connectivity index (χ0v) is 8.40. The number of rotatable bonds is 0. The molecule has 4 atom stereocenters. The molecule has 82 valence electrons. The molecule has 4 unspecified atom stereocenters. The Bertz CT molecular complexity index is 329. The lowest BCUT2D eigenvalue weighted by Crippen LogP contribution is -2.48. The first-order chi connectivity index (χ1) is 7.22. The van der Waals surface area contributed by atoms with Crippen molar-refractivity contribution in [3.8, 4) is 0 Å². The summed E-state index contributed by atoms with van der Waals surface area (Å²) in [5.74, 6) is 0.596. The highest BCUT2D eigenvalue weighted by molar-refractivity contribution is 5.77. The van der Waals surface area contributed by atoms with Gasteiger partial charge in [-0.05, 0) is 12.3 Å². The van der Waals surface area contributed by atoms with Gasteiger partial charge in [0.25, 0.3) is 0 Å². The third kappa shape index (κ3) is 1.52. The minimum absolute atomic E-state index is 0.0413. The molecular formula is C10H15N3O2. The number of piperidine rings is 1. The molecule has 1 aliphatic carbocycles. The van der Waals surface area contributed by atoms with Crippen LogP contribution in [0.2, 0.25) is 0 Å². The van der Waals surface area contributed by atoms with Gasteiger partial charge in [0.15, 0.2) is 6.35 Å². The number of ether oxygens (including phenoxy) is 1. The van der Waals surface area contributed by atoms with E-state index in [-0.39, 0.29) is 18.1 Å². The molecule has 0 spiro atoms. The SMILES string of the molecule is NC1NC2=CC3CCC(=O)NC3CC2O1. The summed E-state index contributed by atoms with van der Waals surface area (Å²) in [6, 6.07) is 0.229. The van der Waals surface area contributed by atoms with Crippen molar-refractivity contribution in [3.63, 3.8) is 0 Å². The van der Waals surface area contributed by atoms with E-state index in [9.17, 15) is 4.79 Å². The molecule has 2 heterocycles. The highest BCUT2D eigenvalue weighted by Gasteiger charge is 2.39. The van der Waals surface area contributed by atoms with E-state index in [1.54, 1.807) is 0 Å². The van der Waals surface area contributed by atoms with E-state index >= 15 is 0 Å². The fourth-order valence-corrected chi connectivity index (χ4v) is 2.66. The molecule has 4 N–H and O–H groups in total. The fourth-order valence-electron chi connectivity index (χ4n) is 2.66. The van der Waals surface area contributed by atoms with Crippen LogP contribution in [-0.2, 0) is 9.53 Å². The Kier molecular flexibility index (Phi) is 1.97. The van der Waals surface area contributed by atoms with Gasteiger partial charge in [0.05, 0.1) is 0 Å². The van der Waals surface area contributed by atoms with Crippen molar-refractivity contribution in [2.24, 2.45) is 11.7 Å². The third-order valence-corrected chi connectivity index (χ3v) is 3.40. The molecule has 0 radical (unpaired) electrons. The summed E-state index contributed by atoms with van der Waals surface area (Å²) in [5.41, 5.74) is 6.75. The highest BCUT2D eigenvalue weighted by Crippen LogP contribution is 2.32. The lowest BCUT2D eigenvalue weighted by atomic mass is 9.81. The summed E-state index contributed by atoms with van der Waals surface area (Å²) in [6.45, 7) is 0. The maximum absolute atomic E-state index is 11.3. The van der Waals surface area contributed by atoms with Gasteiger partial charge in [-0.3, -0.25) is 10.5 Å². The number of nitrogens with two attached hydrogens (primary N) is 1. The monoisotopic (exact) mass is 209 g/mol. The van der Waals surface area contributed by atoms with Crippen molar-refractivity contribution in [1.82, 2.24) is 10.6 Å². The van der Waals surface area contributed by atoms with Gasteiger partial charge in [0.1, 0.15) is 6.10 Å². The molecule has 3 aliphatic rings. The number of hydrogen-bond acceptors (Lipinski definition) is 4. The second kappa shape index (κ2) is 3.21. The number of carbonyl (C=O) groups excluding carboxylic acids is 1. The Morgan fingerprint density at radius 3 is 3.20 bits per heavy atom. The number of carbonyl (C=O) groups is 1.